The number of likely N-dealkylation sites (tertiary alicyclic amines) is 1. The molecule has 0 amide bonds. The average molecular weight is 319 g/mol. The summed E-state index contributed by atoms with van der Waals surface area (Å²) in [6, 6.07) is 1.17. The van der Waals surface area contributed by atoms with Crippen molar-refractivity contribution in [3.63, 3.8) is 0 Å². The van der Waals surface area contributed by atoms with E-state index in [1.54, 1.807) is 0 Å². The Hall–Kier alpha value is -0.0451. The first-order valence-corrected chi connectivity index (χ1v) is 9.83. The lowest BCUT2D eigenvalue weighted by Crippen LogP contribution is -2.40. The molecule has 1 aliphatic carbocycles. The summed E-state index contributed by atoms with van der Waals surface area (Å²) >= 11 is 5.74. The van der Waals surface area contributed by atoms with Crippen LogP contribution in [0.4, 0.5) is 0 Å². The molecule has 0 bridgehead atoms. The summed E-state index contributed by atoms with van der Waals surface area (Å²) in [5, 5.41) is 0.0248. The van der Waals surface area contributed by atoms with Crippen molar-refractivity contribution < 1.29 is 0 Å². The number of nitrogens with zero attached hydrogens (tertiary/aromatic N) is 1. The highest BCUT2D eigenvalue weighted by Gasteiger charge is 2.41. The van der Waals surface area contributed by atoms with E-state index in [9.17, 15) is 0 Å². The Kier molecular flexibility index (Phi) is 6.39. The van der Waals surface area contributed by atoms with Crippen molar-refractivity contribution in [2.45, 2.75) is 103 Å². The van der Waals surface area contributed by atoms with Gasteiger partial charge in [-0.2, -0.15) is 0 Å². The van der Waals surface area contributed by atoms with Crippen LogP contribution in [-0.2, 0) is 0 Å². The van der Waals surface area contributed by atoms with E-state index < -0.39 is 0 Å². The highest BCUT2D eigenvalue weighted by Crippen LogP contribution is 2.48. The number of hydrogen-bond acceptors (Lipinski definition) is 1. The largest absolute Gasteiger partial charge is 0.360 e. The predicted molar refractivity (Wildman–Crippen MR) is 102 cm³/mol. The van der Waals surface area contributed by atoms with E-state index in [2.05, 4.69) is 32.6 Å². The Labute approximate surface area is 145 Å². The Morgan fingerprint density at radius 2 is 1.86 bits per heavy atom. The Bertz CT molecular complexity index is 382. The third kappa shape index (κ3) is 4.49. The third-order valence-electron chi connectivity index (χ3n) is 5.59. The van der Waals surface area contributed by atoms with Gasteiger partial charge in [0.25, 0.3) is 0 Å². The number of fused-ring (bicyclic) bond motifs is 1. The Morgan fingerprint density at radius 3 is 2.50 bits per heavy atom. The lowest BCUT2D eigenvalue weighted by Gasteiger charge is -2.39. The molecular weight excluding hydrogens is 285 g/mol. The van der Waals surface area contributed by atoms with Gasteiger partial charge in [0.1, 0.15) is 0 Å². The van der Waals surface area contributed by atoms with Gasteiger partial charge < -0.3 is 4.90 Å². The van der Waals surface area contributed by atoms with E-state index in [1.165, 1.54) is 49.9 Å². The highest BCUT2D eigenvalue weighted by atomic mass is 32.1. The summed E-state index contributed by atoms with van der Waals surface area (Å²) in [6.07, 6.45) is 11.3. The van der Waals surface area contributed by atoms with Crippen LogP contribution in [0.5, 0.6) is 0 Å². The van der Waals surface area contributed by atoms with Gasteiger partial charge in [-0.15, -0.1) is 0 Å². The van der Waals surface area contributed by atoms with Crippen LogP contribution in [0.3, 0.4) is 0 Å². The maximum absolute atomic E-state index is 6.91. The predicted octanol–water partition coefficient (Wildman–Crippen LogP) is 5.53. The summed E-state index contributed by atoms with van der Waals surface area (Å²) in [5.41, 5.74) is 0. The average Bonchev–Trinajstić information content (AvgIpc) is 2.68. The maximum Gasteiger partial charge on any atom is 0.0787 e. The molecule has 2 fully saturated rings. The van der Waals surface area contributed by atoms with Crippen molar-refractivity contribution >= 4 is 25.1 Å². The first-order chi connectivity index (χ1) is 10.3. The molecule has 2 rings (SSSR count). The minimum absolute atomic E-state index is 0.0248. The van der Waals surface area contributed by atoms with E-state index in [0.717, 1.165) is 12.8 Å². The molecule has 2 radical (unpaired) electrons. The van der Waals surface area contributed by atoms with E-state index in [-0.39, 0.29) is 5.31 Å². The Balaban J connectivity index is 2.18. The standard InChI is InChI=1S/C19H34BNS/c1-14(2)12-19(20)10-8-6-5-7-9-17-16(13-19)11-18(22)21(17)15(3)4/h14-17H,5-13H2,1-4H3. The fourth-order valence-electron chi connectivity index (χ4n) is 4.94. The molecule has 124 valence electrons. The van der Waals surface area contributed by atoms with Crippen molar-refractivity contribution in [2.24, 2.45) is 11.8 Å². The monoisotopic (exact) mass is 319 g/mol. The molecule has 1 nitrogen and oxygen atoms in total. The summed E-state index contributed by atoms with van der Waals surface area (Å²) in [6.45, 7) is 9.20. The normalized spacial score (nSPS) is 34.3. The fourth-order valence-corrected chi connectivity index (χ4v) is 5.50. The van der Waals surface area contributed by atoms with Gasteiger partial charge in [-0.1, -0.05) is 76.3 Å². The second-order valence-corrected chi connectivity index (χ2v) is 9.01. The zero-order valence-corrected chi connectivity index (χ0v) is 15.9. The van der Waals surface area contributed by atoms with Crippen molar-refractivity contribution in [1.82, 2.24) is 4.90 Å². The zero-order chi connectivity index (χ0) is 16.3. The quantitative estimate of drug-likeness (QED) is 0.497. The first-order valence-electron chi connectivity index (χ1n) is 9.42. The van der Waals surface area contributed by atoms with Crippen LogP contribution in [0.1, 0.15) is 85.5 Å². The molecule has 1 heterocycles. The fraction of sp³-hybridized carbons (Fsp3) is 0.947. The van der Waals surface area contributed by atoms with E-state index in [1.807, 2.05) is 0 Å². The molecular formula is C19H34BNS. The van der Waals surface area contributed by atoms with Gasteiger partial charge in [-0.25, -0.2) is 0 Å². The summed E-state index contributed by atoms with van der Waals surface area (Å²) in [4.78, 5) is 3.73. The van der Waals surface area contributed by atoms with Crippen LogP contribution < -0.4 is 0 Å². The first kappa shape index (κ1) is 18.3. The molecule has 0 aromatic carbocycles. The zero-order valence-electron chi connectivity index (χ0n) is 15.1. The van der Waals surface area contributed by atoms with Crippen LogP contribution in [0.25, 0.3) is 0 Å². The lowest BCUT2D eigenvalue weighted by atomic mass is 9.56. The number of thiocarbonyl (C=S) groups is 1. The molecule has 3 atom stereocenters. The topological polar surface area (TPSA) is 3.24 Å². The molecule has 2 aliphatic rings. The highest BCUT2D eigenvalue weighted by molar-refractivity contribution is 7.80. The molecule has 1 saturated carbocycles. The third-order valence-corrected chi connectivity index (χ3v) is 5.97. The van der Waals surface area contributed by atoms with E-state index in [0.29, 0.717) is 23.9 Å². The number of rotatable bonds is 3. The van der Waals surface area contributed by atoms with Crippen molar-refractivity contribution in [3.05, 3.63) is 0 Å². The van der Waals surface area contributed by atoms with Crippen LogP contribution in [0.15, 0.2) is 0 Å². The van der Waals surface area contributed by atoms with Gasteiger partial charge in [0.05, 0.1) is 12.8 Å². The molecule has 3 unspecified atom stereocenters. The van der Waals surface area contributed by atoms with Gasteiger partial charge >= 0.3 is 0 Å². The molecule has 0 aromatic rings. The Morgan fingerprint density at radius 1 is 1.18 bits per heavy atom. The van der Waals surface area contributed by atoms with Crippen LogP contribution in [-0.4, -0.2) is 29.8 Å². The van der Waals surface area contributed by atoms with Crippen molar-refractivity contribution in [3.8, 4) is 0 Å². The summed E-state index contributed by atoms with van der Waals surface area (Å²) < 4.78 is 0. The molecule has 0 N–H and O–H groups in total. The summed E-state index contributed by atoms with van der Waals surface area (Å²) in [7, 11) is 6.91. The number of hydrogen-bond donors (Lipinski definition) is 0. The molecule has 0 spiro atoms. The van der Waals surface area contributed by atoms with Gasteiger partial charge in [0.15, 0.2) is 0 Å². The summed E-state index contributed by atoms with van der Waals surface area (Å²) in [5.74, 6) is 1.36. The van der Waals surface area contributed by atoms with Crippen LogP contribution >= 0.6 is 12.2 Å². The second-order valence-electron chi connectivity index (χ2n) is 8.54. The van der Waals surface area contributed by atoms with Gasteiger partial charge in [0.2, 0.25) is 0 Å². The lowest BCUT2D eigenvalue weighted by molar-refractivity contribution is 0.189. The van der Waals surface area contributed by atoms with Gasteiger partial charge in [0, 0.05) is 18.5 Å². The van der Waals surface area contributed by atoms with Crippen LogP contribution in [0.2, 0.25) is 5.31 Å². The van der Waals surface area contributed by atoms with Crippen molar-refractivity contribution in [1.29, 1.82) is 0 Å². The smallest absolute Gasteiger partial charge is 0.0787 e. The molecule has 3 heteroatoms. The van der Waals surface area contributed by atoms with Crippen LogP contribution in [0, 0.1) is 11.8 Å². The molecule has 22 heavy (non-hydrogen) atoms. The van der Waals surface area contributed by atoms with E-state index in [4.69, 9.17) is 20.1 Å². The molecule has 1 aliphatic heterocycles. The molecule has 1 saturated heterocycles. The van der Waals surface area contributed by atoms with Crippen molar-refractivity contribution in [2.75, 3.05) is 0 Å². The minimum Gasteiger partial charge on any atom is -0.360 e. The maximum atomic E-state index is 6.91. The minimum atomic E-state index is 0.0248. The molecule has 0 aromatic heterocycles. The SMILES string of the molecule is [B]C1(CC(C)C)CCCCCCC2C(CC(=S)N2C(C)C)C1. The van der Waals surface area contributed by atoms with E-state index >= 15 is 0 Å². The second kappa shape index (κ2) is 7.68. The van der Waals surface area contributed by atoms with Gasteiger partial charge in [-0.3, -0.25) is 0 Å². The van der Waals surface area contributed by atoms with Gasteiger partial charge in [-0.05, 0) is 32.1 Å².